The number of hydrogen-bond donors (Lipinski definition) is 1. The molecule has 0 aliphatic rings. The first-order valence-electron chi connectivity index (χ1n) is 6.32. The van der Waals surface area contributed by atoms with E-state index in [4.69, 9.17) is 0 Å². The van der Waals surface area contributed by atoms with Gasteiger partial charge in [-0.05, 0) is 59.8 Å². The maximum atomic E-state index is 13.6. The van der Waals surface area contributed by atoms with Gasteiger partial charge in [-0.15, -0.1) is 0 Å². The van der Waals surface area contributed by atoms with Gasteiger partial charge in [-0.2, -0.15) is 0 Å². The fourth-order valence-corrected chi connectivity index (χ4v) is 3.29. The summed E-state index contributed by atoms with van der Waals surface area (Å²) in [5.74, 6) is -2.03. The van der Waals surface area contributed by atoms with Crippen LogP contribution >= 0.6 is 22.6 Å². The van der Waals surface area contributed by atoms with Gasteiger partial charge in [0.25, 0.3) is 5.91 Å². The van der Waals surface area contributed by atoms with Crippen LogP contribution in [0.15, 0.2) is 47.4 Å². The molecule has 2 rings (SSSR count). The number of carbonyl (C=O) groups is 1. The number of nitrogens with one attached hydrogen (secondary N) is 1. The van der Waals surface area contributed by atoms with Crippen molar-refractivity contribution in [1.29, 1.82) is 0 Å². The largest absolute Gasteiger partial charge is 0.337 e. The van der Waals surface area contributed by atoms with E-state index >= 15 is 0 Å². The van der Waals surface area contributed by atoms with Gasteiger partial charge in [0.2, 0.25) is 0 Å². The van der Waals surface area contributed by atoms with Gasteiger partial charge < -0.3 is 5.32 Å². The van der Waals surface area contributed by atoms with Crippen LogP contribution in [0.4, 0.5) is 4.39 Å². The van der Waals surface area contributed by atoms with Crippen LogP contribution in [-0.2, 0) is 9.84 Å². The number of amides is 1. The number of aryl methyl sites for hydroxylation is 1. The highest BCUT2D eigenvalue weighted by molar-refractivity contribution is 14.1. The lowest BCUT2D eigenvalue weighted by molar-refractivity contribution is 0.0956. The predicted molar refractivity (Wildman–Crippen MR) is 89.8 cm³/mol. The number of rotatable bonds is 4. The van der Waals surface area contributed by atoms with Crippen molar-refractivity contribution in [2.24, 2.45) is 0 Å². The minimum Gasteiger partial charge on any atom is -0.337 e. The molecule has 0 atom stereocenters. The number of carbonyl (C=O) groups excluding carboxylic acids is 1. The molecule has 116 valence electrons. The van der Waals surface area contributed by atoms with Crippen molar-refractivity contribution in [3.63, 3.8) is 0 Å². The Morgan fingerprint density at radius 2 is 1.82 bits per heavy atom. The van der Waals surface area contributed by atoms with E-state index < -0.39 is 27.4 Å². The third-order valence-electron chi connectivity index (χ3n) is 2.98. The van der Waals surface area contributed by atoms with Gasteiger partial charge in [0.05, 0.1) is 10.5 Å². The molecule has 2 aromatic rings. The Morgan fingerprint density at radius 3 is 2.45 bits per heavy atom. The quantitative estimate of drug-likeness (QED) is 0.755. The average Bonchev–Trinajstić information content (AvgIpc) is 2.48. The zero-order valence-corrected chi connectivity index (χ0v) is 14.6. The lowest BCUT2D eigenvalue weighted by Gasteiger charge is -2.08. The summed E-state index contributed by atoms with van der Waals surface area (Å²) in [6.45, 7) is 1.85. The van der Waals surface area contributed by atoms with Gasteiger partial charge >= 0.3 is 0 Å². The minimum atomic E-state index is -3.66. The Morgan fingerprint density at radius 1 is 1.18 bits per heavy atom. The van der Waals surface area contributed by atoms with Crippen molar-refractivity contribution >= 4 is 38.3 Å². The molecule has 0 saturated carbocycles. The van der Waals surface area contributed by atoms with Gasteiger partial charge in [0.15, 0.2) is 9.84 Å². The molecule has 2 aromatic carbocycles. The van der Waals surface area contributed by atoms with E-state index in [1.54, 1.807) is 12.1 Å². The Kier molecular flexibility index (Phi) is 5.17. The van der Waals surface area contributed by atoms with E-state index in [0.29, 0.717) is 3.57 Å². The monoisotopic (exact) mass is 433 g/mol. The standard InChI is InChI=1S/C15H13FINO3S/c1-10-2-5-12(6-3-10)22(20,21)9-18-15(19)13-8-11(17)4-7-14(13)16/h2-8H,9H2,1H3,(H,18,19). The zero-order valence-electron chi connectivity index (χ0n) is 11.6. The normalized spacial score (nSPS) is 11.2. The summed E-state index contributed by atoms with van der Waals surface area (Å²) in [4.78, 5) is 12.0. The van der Waals surface area contributed by atoms with Crippen LogP contribution < -0.4 is 5.32 Å². The van der Waals surface area contributed by atoms with Crippen LogP contribution in [0, 0.1) is 16.3 Å². The first-order valence-corrected chi connectivity index (χ1v) is 9.05. The van der Waals surface area contributed by atoms with Crippen LogP contribution in [0.25, 0.3) is 0 Å². The Balaban J connectivity index is 2.13. The molecule has 0 fully saturated rings. The second kappa shape index (κ2) is 6.74. The van der Waals surface area contributed by atoms with E-state index in [1.807, 2.05) is 29.5 Å². The number of halogens is 2. The molecule has 0 radical (unpaired) electrons. The number of hydrogen-bond acceptors (Lipinski definition) is 3. The van der Waals surface area contributed by atoms with Crippen molar-refractivity contribution in [2.75, 3.05) is 5.88 Å². The van der Waals surface area contributed by atoms with Crippen LogP contribution in [0.3, 0.4) is 0 Å². The molecule has 0 spiro atoms. The Hall–Kier alpha value is -1.48. The average molecular weight is 433 g/mol. The van der Waals surface area contributed by atoms with Crippen molar-refractivity contribution in [3.05, 3.63) is 63.0 Å². The van der Waals surface area contributed by atoms with Crippen LogP contribution in [-0.4, -0.2) is 20.2 Å². The Labute approximate surface area is 141 Å². The molecule has 7 heteroatoms. The molecule has 0 saturated heterocycles. The molecule has 1 amide bonds. The van der Waals surface area contributed by atoms with Gasteiger partial charge in [-0.3, -0.25) is 4.79 Å². The molecule has 1 N–H and O–H groups in total. The summed E-state index contributed by atoms with van der Waals surface area (Å²) < 4.78 is 38.5. The molecule has 0 aliphatic carbocycles. The summed E-state index contributed by atoms with van der Waals surface area (Å²) in [7, 11) is -3.66. The van der Waals surface area contributed by atoms with Gasteiger partial charge in [-0.25, -0.2) is 12.8 Å². The molecule has 0 bridgehead atoms. The second-order valence-corrected chi connectivity index (χ2v) is 7.94. The molecule has 0 heterocycles. The number of sulfone groups is 1. The topological polar surface area (TPSA) is 63.2 Å². The smallest absolute Gasteiger partial charge is 0.255 e. The molecule has 0 aromatic heterocycles. The number of benzene rings is 2. The van der Waals surface area contributed by atoms with E-state index in [9.17, 15) is 17.6 Å². The van der Waals surface area contributed by atoms with E-state index in [0.717, 1.165) is 5.56 Å². The summed E-state index contributed by atoms with van der Waals surface area (Å²) in [6.07, 6.45) is 0. The molecular weight excluding hydrogens is 420 g/mol. The maximum Gasteiger partial charge on any atom is 0.255 e. The fraction of sp³-hybridized carbons (Fsp3) is 0.133. The molecule has 4 nitrogen and oxygen atoms in total. The molecular formula is C15H13FINO3S. The summed E-state index contributed by atoms with van der Waals surface area (Å²) in [6, 6.07) is 10.4. The van der Waals surface area contributed by atoms with Crippen LogP contribution in [0.5, 0.6) is 0 Å². The van der Waals surface area contributed by atoms with E-state index in [2.05, 4.69) is 5.32 Å². The Bertz CT molecular complexity index is 804. The van der Waals surface area contributed by atoms with Crippen molar-refractivity contribution in [2.45, 2.75) is 11.8 Å². The molecule has 0 aliphatic heterocycles. The predicted octanol–water partition coefficient (Wildman–Crippen LogP) is 2.90. The second-order valence-electron chi connectivity index (χ2n) is 4.70. The highest BCUT2D eigenvalue weighted by Gasteiger charge is 2.18. The van der Waals surface area contributed by atoms with Gasteiger partial charge in [-0.1, -0.05) is 17.7 Å². The third-order valence-corrected chi connectivity index (χ3v) is 5.16. The summed E-state index contributed by atoms with van der Waals surface area (Å²) >= 11 is 1.95. The summed E-state index contributed by atoms with van der Waals surface area (Å²) in [5.41, 5.74) is 0.759. The maximum absolute atomic E-state index is 13.6. The van der Waals surface area contributed by atoms with Gasteiger partial charge in [0.1, 0.15) is 11.7 Å². The lowest BCUT2D eigenvalue weighted by atomic mass is 10.2. The lowest BCUT2D eigenvalue weighted by Crippen LogP contribution is -2.30. The van der Waals surface area contributed by atoms with Crippen LogP contribution in [0.2, 0.25) is 0 Å². The molecule has 22 heavy (non-hydrogen) atoms. The SMILES string of the molecule is Cc1ccc(S(=O)(=O)CNC(=O)c2cc(I)ccc2F)cc1. The molecule has 0 unspecified atom stereocenters. The van der Waals surface area contributed by atoms with E-state index in [1.165, 1.54) is 30.3 Å². The zero-order chi connectivity index (χ0) is 16.3. The highest BCUT2D eigenvalue weighted by Crippen LogP contribution is 2.14. The minimum absolute atomic E-state index is 0.113. The highest BCUT2D eigenvalue weighted by atomic mass is 127. The van der Waals surface area contributed by atoms with Crippen LogP contribution in [0.1, 0.15) is 15.9 Å². The first kappa shape index (κ1) is 16.9. The van der Waals surface area contributed by atoms with E-state index in [-0.39, 0.29) is 10.5 Å². The van der Waals surface area contributed by atoms with Crippen molar-refractivity contribution in [1.82, 2.24) is 5.32 Å². The first-order chi connectivity index (χ1) is 10.3. The van der Waals surface area contributed by atoms with Crippen molar-refractivity contribution in [3.8, 4) is 0 Å². The third kappa shape index (κ3) is 4.04. The summed E-state index contributed by atoms with van der Waals surface area (Å²) in [5, 5.41) is 2.25. The van der Waals surface area contributed by atoms with Crippen molar-refractivity contribution < 1.29 is 17.6 Å². The van der Waals surface area contributed by atoms with Gasteiger partial charge in [0, 0.05) is 3.57 Å². The fourth-order valence-electron chi connectivity index (χ4n) is 1.76.